The van der Waals surface area contributed by atoms with Crippen molar-refractivity contribution in [2.24, 2.45) is 0 Å². The van der Waals surface area contributed by atoms with Gasteiger partial charge in [0.2, 0.25) is 5.76 Å². The first-order valence-corrected chi connectivity index (χ1v) is 11.9. The molecule has 7 heteroatoms. The molecule has 34 heavy (non-hydrogen) atoms. The van der Waals surface area contributed by atoms with Crippen molar-refractivity contribution in [3.8, 4) is 11.5 Å². The minimum atomic E-state index is -0.526. The largest absolute Gasteiger partial charge is 0.494 e. The van der Waals surface area contributed by atoms with Gasteiger partial charge < -0.3 is 23.7 Å². The summed E-state index contributed by atoms with van der Waals surface area (Å²) in [7, 11) is 4.00. The number of amides is 1. The number of benzene rings is 2. The minimum Gasteiger partial charge on any atom is -0.494 e. The lowest BCUT2D eigenvalue weighted by atomic mass is 9.98. The van der Waals surface area contributed by atoms with Gasteiger partial charge in [-0.2, -0.15) is 0 Å². The van der Waals surface area contributed by atoms with Gasteiger partial charge in [-0.3, -0.25) is 9.59 Å². The van der Waals surface area contributed by atoms with Crippen LogP contribution < -0.4 is 14.9 Å². The Bertz CT molecular complexity index is 1230. The van der Waals surface area contributed by atoms with Gasteiger partial charge in [0.05, 0.1) is 30.2 Å². The molecule has 1 atom stereocenters. The monoisotopic (exact) mass is 464 g/mol. The highest BCUT2D eigenvalue weighted by molar-refractivity contribution is 5.99. The Balaban J connectivity index is 1.83. The molecule has 180 valence electrons. The number of ether oxygens (including phenoxy) is 2. The molecule has 0 saturated carbocycles. The Hall–Kier alpha value is -3.32. The molecule has 0 N–H and O–H groups in total. The smallest absolute Gasteiger partial charge is 0.290 e. The van der Waals surface area contributed by atoms with Crippen LogP contribution >= 0.6 is 0 Å². The number of carbonyl (C=O) groups excluding carboxylic acids is 1. The van der Waals surface area contributed by atoms with Crippen molar-refractivity contribution >= 4 is 16.9 Å². The van der Waals surface area contributed by atoms with Crippen LogP contribution in [0.5, 0.6) is 11.5 Å². The van der Waals surface area contributed by atoms with Gasteiger partial charge >= 0.3 is 0 Å². The van der Waals surface area contributed by atoms with Crippen LogP contribution in [0.15, 0.2) is 51.7 Å². The van der Waals surface area contributed by atoms with Crippen LogP contribution in [0.25, 0.3) is 11.0 Å². The number of fused-ring (bicyclic) bond motifs is 2. The summed E-state index contributed by atoms with van der Waals surface area (Å²) in [5.74, 6) is 1.17. The van der Waals surface area contributed by atoms with E-state index in [0.29, 0.717) is 42.0 Å². The number of nitrogens with zero attached hydrogens (tertiary/aromatic N) is 2. The van der Waals surface area contributed by atoms with Gasteiger partial charge in [0.25, 0.3) is 5.91 Å². The van der Waals surface area contributed by atoms with Crippen molar-refractivity contribution in [1.82, 2.24) is 9.80 Å². The van der Waals surface area contributed by atoms with Crippen molar-refractivity contribution in [2.75, 3.05) is 40.4 Å². The Morgan fingerprint density at radius 2 is 1.82 bits per heavy atom. The first-order valence-electron chi connectivity index (χ1n) is 11.9. The fourth-order valence-electron chi connectivity index (χ4n) is 4.38. The van der Waals surface area contributed by atoms with Crippen LogP contribution in [0.2, 0.25) is 0 Å². The molecule has 0 fully saturated rings. The number of rotatable bonds is 10. The fraction of sp³-hybridized carbons (Fsp3) is 0.407. The Labute approximate surface area is 199 Å². The molecule has 1 unspecified atom stereocenters. The summed E-state index contributed by atoms with van der Waals surface area (Å²) in [6.07, 6.45) is 1.67. The van der Waals surface area contributed by atoms with Crippen LogP contribution in [0.3, 0.4) is 0 Å². The molecule has 0 aliphatic carbocycles. The van der Waals surface area contributed by atoms with E-state index in [9.17, 15) is 9.59 Å². The second-order valence-electron chi connectivity index (χ2n) is 8.74. The molecule has 3 aromatic rings. The van der Waals surface area contributed by atoms with Gasteiger partial charge in [-0.15, -0.1) is 0 Å². The molecule has 7 nitrogen and oxygen atoms in total. The molecule has 1 amide bonds. The highest BCUT2D eigenvalue weighted by Gasteiger charge is 2.42. The van der Waals surface area contributed by atoms with Crippen molar-refractivity contribution < 1.29 is 18.7 Å². The fourth-order valence-corrected chi connectivity index (χ4v) is 4.38. The van der Waals surface area contributed by atoms with E-state index in [0.717, 1.165) is 30.7 Å². The topological polar surface area (TPSA) is 72.2 Å². The predicted molar refractivity (Wildman–Crippen MR) is 132 cm³/mol. The molecule has 0 radical (unpaired) electrons. The molecule has 1 aliphatic heterocycles. The number of hydrogen-bond donors (Lipinski definition) is 0. The lowest BCUT2D eigenvalue weighted by Crippen LogP contribution is -2.32. The minimum absolute atomic E-state index is 0.112. The third-order valence-corrected chi connectivity index (χ3v) is 5.90. The van der Waals surface area contributed by atoms with Gasteiger partial charge in [0.15, 0.2) is 5.43 Å². The maximum atomic E-state index is 13.7. The standard InChI is InChI=1S/C27H32N2O5/c1-5-15-33-19-10-7-9-18(16-19)24-23-25(30)21-12-11-20(32-6-2)17-22(21)34-26(23)27(31)29(24)14-8-13-28(3)4/h7,9-12,16-17,24H,5-6,8,13-15H2,1-4H3. The van der Waals surface area contributed by atoms with Crippen LogP contribution in [-0.4, -0.2) is 56.1 Å². The zero-order valence-electron chi connectivity index (χ0n) is 20.3. The third-order valence-electron chi connectivity index (χ3n) is 5.90. The van der Waals surface area contributed by atoms with Gasteiger partial charge in [-0.25, -0.2) is 0 Å². The molecule has 1 aliphatic rings. The molecule has 0 bridgehead atoms. The van der Waals surface area contributed by atoms with Crippen molar-refractivity contribution in [1.29, 1.82) is 0 Å². The summed E-state index contributed by atoms with van der Waals surface area (Å²) in [5.41, 5.74) is 1.40. The Kier molecular flexibility index (Phi) is 7.22. The van der Waals surface area contributed by atoms with Crippen LogP contribution in [0.4, 0.5) is 0 Å². The summed E-state index contributed by atoms with van der Waals surface area (Å²) < 4.78 is 17.5. The quantitative estimate of drug-likeness (QED) is 0.441. The van der Waals surface area contributed by atoms with Crippen molar-refractivity contribution in [2.45, 2.75) is 32.7 Å². The summed E-state index contributed by atoms with van der Waals surface area (Å²) >= 11 is 0. The number of hydrogen-bond acceptors (Lipinski definition) is 6. The summed E-state index contributed by atoms with van der Waals surface area (Å²) in [6, 6.07) is 12.3. The van der Waals surface area contributed by atoms with E-state index in [1.54, 1.807) is 23.1 Å². The van der Waals surface area contributed by atoms with E-state index < -0.39 is 6.04 Å². The Morgan fingerprint density at radius 3 is 2.56 bits per heavy atom. The molecular formula is C27H32N2O5. The molecule has 2 aromatic carbocycles. The van der Waals surface area contributed by atoms with E-state index >= 15 is 0 Å². The van der Waals surface area contributed by atoms with Crippen LogP contribution in [0, 0.1) is 0 Å². The molecular weight excluding hydrogens is 432 g/mol. The first kappa shape index (κ1) is 23.8. The second kappa shape index (κ2) is 10.3. The van der Waals surface area contributed by atoms with Gasteiger partial charge in [-0.05, 0) is 70.2 Å². The first-order chi connectivity index (χ1) is 16.4. The van der Waals surface area contributed by atoms with E-state index in [4.69, 9.17) is 13.9 Å². The van der Waals surface area contributed by atoms with Crippen LogP contribution in [0.1, 0.15) is 54.4 Å². The summed E-state index contributed by atoms with van der Waals surface area (Å²) in [5, 5.41) is 0.438. The zero-order valence-corrected chi connectivity index (χ0v) is 20.3. The predicted octanol–water partition coefficient (Wildman–Crippen LogP) is 4.48. The SMILES string of the molecule is CCCOc1cccc(C2c3c(oc4cc(OCC)ccc4c3=O)C(=O)N2CCCN(C)C)c1. The van der Waals surface area contributed by atoms with E-state index in [1.807, 2.05) is 45.3 Å². The lowest BCUT2D eigenvalue weighted by Gasteiger charge is -2.26. The molecule has 2 heterocycles. The Morgan fingerprint density at radius 1 is 1.03 bits per heavy atom. The average Bonchev–Trinajstić information content (AvgIpc) is 3.10. The third kappa shape index (κ3) is 4.66. The lowest BCUT2D eigenvalue weighted by molar-refractivity contribution is 0.0722. The highest BCUT2D eigenvalue weighted by Crippen LogP contribution is 2.39. The van der Waals surface area contributed by atoms with E-state index in [2.05, 4.69) is 11.8 Å². The maximum Gasteiger partial charge on any atom is 0.290 e. The van der Waals surface area contributed by atoms with Gasteiger partial charge in [0, 0.05) is 12.6 Å². The average molecular weight is 465 g/mol. The molecule has 0 spiro atoms. The van der Waals surface area contributed by atoms with Crippen molar-refractivity contribution in [3.05, 3.63) is 69.6 Å². The molecule has 1 aromatic heterocycles. The van der Waals surface area contributed by atoms with E-state index in [-0.39, 0.29) is 17.1 Å². The number of carbonyl (C=O) groups is 1. The van der Waals surface area contributed by atoms with Gasteiger partial charge in [-0.1, -0.05) is 19.1 Å². The van der Waals surface area contributed by atoms with Crippen molar-refractivity contribution in [3.63, 3.8) is 0 Å². The van der Waals surface area contributed by atoms with Crippen LogP contribution in [-0.2, 0) is 0 Å². The molecule has 0 saturated heterocycles. The second-order valence-corrected chi connectivity index (χ2v) is 8.74. The molecule has 4 rings (SSSR count). The summed E-state index contributed by atoms with van der Waals surface area (Å²) in [4.78, 5) is 31.0. The maximum absolute atomic E-state index is 13.7. The summed E-state index contributed by atoms with van der Waals surface area (Å²) in [6.45, 7) is 6.37. The van der Waals surface area contributed by atoms with Gasteiger partial charge in [0.1, 0.15) is 17.1 Å². The van der Waals surface area contributed by atoms with E-state index in [1.165, 1.54) is 0 Å². The zero-order chi connectivity index (χ0) is 24.2. The normalized spacial score (nSPS) is 15.3. The highest BCUT2D eigenvalue weighted by atomic mass is 16.5.